The number of hydrogen-bond donors (Lipinski definition) is 0. The van der Waals surface area contributed by atoms with Gasteiger partial charge in [-0.1, -0.05) is 30.3 Å². The number of thiophene rings is 1. The topological polar surface area (TPSA) is 61.3 Å². The van der Waals surface area contributed by atoms with E-state index >= 15 is 0 Å². The van der Waals surface area contributed by atoms with Gasteiger partial charge in [-0.3, -0.25) is 4.79 Å². The lowest BCUT2D eigenvalue weighted by atomic mass is 10.2. The summed E-state index contributed by atoms with van der Waals surface area (Å²) in [6, 6.07) is 17.1. The number of fused-ring (bicyclic) bond motifs is 1. The molecule has 0 atom stereocenters. The molecule has 0 fully saturated rings. The van der Waals surface area contributed by atoms with E-state index < -0.39 is 0 Å². The van der Waals surface area contributed by atoms with Crippen molar-refractivity contribution in [2.75, 3.05) is 7.11 Å². The van der Waals surface area contributed by atoms with Gasteiger partial charge in [0.1, 0.15) is 17.4 Å². The molecule has 2 aromatic heterocycles. The SMILES string of the molecule is COc1cc(C=O)ccc1Oc1ncnc2sc(-c3ccccc3)cc12. The third-order valence-corrected chi connectivity index (χ3v) is 4.97. The molecule has 4 rings (SSSR count). The smallest absolute Gasteiger partial charge is 0.231 e. The molecule has 5 nitrogen and oxygen atoms in total. The van der Waals surface area contributed by atoms with Crippen molar-refractivity contribution in [3.8, 4) is 27.8 Å². The molecule has 26 heavy (non-hydrogen) atoms. The van der Waals surface area contributed by atoms with Crippen LogP contribution in [-0.2, 0) is 0 Å². The van der Waals surface area contributed by atoms with E-state index in [2.05, 4.69) is 22.1 Å². The Morgan fingerprint density at radius 1 is 1.00 bits per heavy atom. The molecule has 0 aliphatic rings. The molecule has 2 heterocycles. The molecule has 4 aromatic rings. The van der Waals surface area contributed by atoms with Crippen LogP contribution in [0.3, 0.4) is 0 Å². The summed E-state index contributed by atoms with van der Waals surface area (Å²) in [4.78, 5) is 21.5. The Labute approximate surface area is 153 Å². The van der Waals surface area contributed by atoms with Crippen LogP contribution in [0, 0.1) is 0 Å². The van der Waals surface area contributed by atoms with E-state index in [1.807, 2.05) is 24.3 Å². The number of methoxy groups -OCH3 is 1. The van der Waals surface area contributed by atoms with Crippen molar-refractivity contribution < 1.29 is 14.3 Å². The van der Waals surface area contributed by atoms with E-state index in [0.717, 1.165) is 26.9 Å². The number of benzene rings is 2. The van der Waals surface area contributed by atoms with Gasteiger partial charge >= 0.3 is 0 Å². The normalized spacial score (nSPS) is 10.7. The first kappa shape index (κ1) is 16.2. The van der Waals surface area contributed by atoms with Crippen molar-refractivity contribution in [1.29, 1.82) is 0 Å². The Morgan fingerprint density at radius 2 is 1.85 bits per heavy atom. The first-order valence-electron chi connectivity index (χ1n) is 7.89. The predicted molar refractivity (Wildman–Crippen MR) is 101 cm³/mol. The van der Waals surface area contributed by atoms with Crippen LogP contribution in [0.25, 0.3) is 20.7 Å². The summed E-state index contributed by atoms with van der Waals surface area (Å²) in [7, 11) is 1.53. The molecule has 0 saturated heterocycles. The maximum atomic E-state index is 10.9. The van der Waals surface area contributed by atoms with Crippen molar-refractivity contribution >= 4 is 27.8 Å². The van der Waals surface area contributed by atoms with Crippen molar-refractivity contribution in [3.63, 3.8) is 0 Å². The fraction of sp³-hybridized carbons (Fsp3) is 0.0500. The van der Waals surface area contributed by atoms with E-state index in [4.69, 9.17) is 9.47 Å². The summed E-state index contributed by atoms with van der Waals surface area (Å²) < 4.78 is 11.3. The summed E-state index contributed by atoms with van der Waals surface area (Å²) in [5, 5.41) is 0.831. The Hall–Kier alpha value is -3.25. The molecule has 128 valence electrons. The molecule has 0 saturated carbocycles. The molecule has 0 bridgehead atoms. The predicted octanol–water partition coefficient (Wildman–Crippen LogP) is 4.97. The Kier molecular flexibility index (Phi) is 4.33. The van der Waals surface area contributed by atoms with Crippen LogP contribution in [0.4, 0.5) is 0 Å². The summed E-state index contributed by atoms with van der Waals surface area (Å²) >= 11 is 1.58. The van der Waals surface area contributed by atoms with Gasteiger partial charge in [-0.25, -0.2) is 9.97 Å². The highest BCUT2D eigenvalue weighted by atomic mass is 32.1. The summed E-state index contributed by atoms with van der Waals surface area (Å²) in [5.74, 6) is 1.41. The van der Waals surface area contributed by atoms with Gasteiger partial charge in [0, 0.05) is 10.4 Å². The molecule has 0 aliphatic heterocycles. The minimum atomic E-state index is 0.450. The number of nitrogens with zero attached hydrogens (tertiary/aromatic N) is 2. The van der Waals surface area contributed by atoms with Crippen LogP contribution < -0.4 is 9.47 Å². The monoisotopic (exact) mass is 362 g/mol. The van der Waals surface area contributed by atoms with E-state index in [1.165, 1.54) is 13.4 Å². The summed E-state index contributed by atoms with van der Waals surface area (Å²) in [6.07, 6.45) is 2.25. The molecule has 6 heteroatoms. The fourth-order valence-electron chi connectivity index (χ4n) is 2.61. The van der Waals surface area contributed by atoms with E-state index in [1.54, 1.807) is 29.5 Å². The number of rotatable bonds is 5. The number of carbonyl (C=O) groups excluding carboxylic acids is 1. The number of aromatic nitrogens is 2. The Morgan fingerprint density at radius 3 is 2.62 bits per heavy atom. The third-order valence-electron chi connectivity index (χ3n) is 3.88. The van der Waals surface area contributed by atoms with Crippen molar-refractivity contribution in [1.82, 2.24) is 9.97 Å². The van der Waals surface area contributed by atoms with E-state index in [-0.39, 0.29) is 0 Å². The quantitative estimate of drug-likeness (QED) is 0.469. The fourth-order valence-corrected chi connectivity index (χ4v) is 3.60. The van der Waals surface area contributed by atoms with Crippen LogP contribution in [0.5, 0.6) is 17.4 Å². The average molecular weight is 362 g/mol. The van der Waals surface area contributed by atoms with Crippen molar-refractivity contribution in [2.24, 2.45) is 0 Å². The van der Waals surface area contributed by atoms with Crippen LogP contribution >= 0.6 is 11.3 Å². The zero-order chi connectivity index (χ0) is 17.9. The lowest BCUT2D eigenvalue weighted by molar-refractivity contribution is 0.112. The lowest BCUT2D eigenvalue weighted by Gasteiger charge is -2.10. The number of ether oxygens (including phenoxy) is 2. The second kappa shape index (κ2) is 6.93. The first-order chi connectivity index (χ1) is 12.8. The van der Waals surface area contributed by atoms with Gasteiger partial charge in [-0.15, -0.1) is 11.3 Å². The van der Waals surface area contributed by atoms with Gasteiger partial charge < -0.3 is 9.47 Å². The Bertz CT molecular complexity index is 1080. The molecule has 0 amide bonds. The molecule has 0 unspecified atom stereocenters. The van der Waals surface area contributed by atoms with E-state index in [0.29, 0.717) is 22.9 Å². The summed E-state index contributed by atoms with van der Waals surface area (Å²) in [5.41, 5.74) is 1.64. The molecular weight excluding hydrogens is 348 g/mol. The molecule has 2 aromatic carbocycles. The lowest BCUT2D eigenvalue weighted by Crippen LogP contribution is -1.94. The van der Waals surface area contributed by atoms with E-state index in [9.17, 15) is 4.79 Å². The van der Waals surface area contributed by atoms with Gasteiger partial charge in [0.25, 0.3) is 0 Å². The standard InChI is InChI=1S/C20H14N2O3S/c1-24-17-9-13(11-23)7-8-16(17)25-19-15-10-18(14-5-3-2-4-6-14)26-20(15)22-12-21-19/h2-12H,1H3. The Balaban J connectivity index is 1.76. The number of aldehydes is 1. The highest BCUT2D eigenvalue weighted by Crippen LogP contribution is 2.39. The molecule has 0 radical (unpaired) electrons. The first-order valence-corrected chi connectivity index (χ1v) is 8.71. The molecule has 0 spiro atoms. The molecular formula is C20H14N2O3S. The number of hydrogen-bond acceptors (Lipinski definition) is 6. The molecule has 0 N–H and O–H groups in total. The zero-order valence-electron chi connectivity index (χ0n) is 13.9. The van der Waals surface area contributed by atoms with Crippen molar-refractivity contribution in [3.05, 3.63) is 66.5 Å². The minimum absolute atomic E-state index is 0.450. The zero-order valence-corrected chi connectivity index (χ0v) is 14.7. The summed E-state index contributed by atoms with van der Waals surface area (Å²) in [6.45, 7) is 0. The van der Waals surface area contributed by atoms with Crippen molar-refractivity contribution in [2.45, 2.75) is 0 Å². The maximum absolute atomic E-state index is 10.9. The maximum Gasteiger partial charge on any atom is 0.231 e. The van der Waals surface area contributed by atoms with Gasteiger partial charge in [0.15, 0.2) is 11.5 Å². The van der Waals surface area contributed by atoms with Crippen LogP contribution in [0.15, 0.2) is 60.9 Å². The van der Waals surface area contributed by atoms with Crippen LogP contribution in [-0.4, -0.2) is 23.4 Å². The van der Waals surface area contributed by atoms with Gasteiger partial charge in [0.2, 0.25) is 5.88 Å². The molecule has 0 aliphatic carbocycles. The minimum Gasteiger partial charge on any atom is -0.493 e. The second-order valence-corrected chi connectivity index (χ2v) is 6.54. The van der Waals surface area contributed by atoms with Gasteiger partial charge in [0.05, 0.1) is 12.5 Å². The van der Waals surface area contributed by atoms with Gasteiger partial charge in [-0.05, 0) is 29.8 Å². The van der Waals surface area contributed by atoms with Gasteiger partial charge in [-0.2, -0.15) is 0 Å². The second-order valence-electron chi connectivity index (χ2n) is 5.50. The third kappa shape index (κ3) is 3.02. The number of carbonyl (C=O) groups is 1. The van der Waals surface area contributed by atoms with Crippen LogP contribution in [0.2, 0.25) is 0 Å². The highest BCUT2D eigenvalue weighted by Gasteiger charge is 2.14. The largest absolute Gasteiger partial charge is 0.493 e. The highest BCUT2D eigenvalue weighted by molar-refractivity contribution is 7.21. The average Bonchev–Trinajstić information content (AvgIpc) is 3.14. The van der Waals surface area contributed by atoms with Crippen LogP contribution in [0.1, 0.15) is 10.4 Å².